The second-order valence-electron chi connectivity index (χ2n) is 13.9. The molecule has 0 bridgehead atoms. The molecule has 3 heterocycles. The third-order valence-corrected chi connectivity index (χ3v) is 9.12. The number of pyridine rings is 1. The Balaban J connectivity index is 1.34. The second kappa shape index (κ2) is 13.9. The van der Waals surface area contributed by atoms with Gasteiger partial charge in [0.05, 0.1) is 24.9 Å². The topological polar surface area (TPSA) is 160 Å². The molecular formula is C37H43N5O8. The van der Waals surface area contributed by atoms with Crippen molar-refractivity contribution >= 4 is 34.9 Å². The van der Waals surface area contributed by atoms with Crippen LogP contribution in [-0.2, 0) is 14.3 Å². The highest BCUT2D eigenvalue weighted by molar-refractivity contribution is 5.95. The lowest BCUT2D eigenvalue weighted by atomic mass is 10.1. The molecule has 3 N–H and O–H groups in total. The number of fused-ring (bicyclic) bond motifs is 3. The second-order valence-corrected chi connectivity index (χ2v) is 13.9. The maximum Gasteiger partial charge on any atom is 0.426 e. The van der Waals surface area contributed by atoms with E-state index < -0.39 is 47.3 Å². The van der Waals surface area contributed by atoms with Gasteiger partial charge in [0.15, 0.2) is 0 Å². The average molecular weight is 686 g/mol. The van der Waals surface area contributed by atoms with Gasteiger partial charge in [-0.05, 0) is 58.6 Å². The minimum absolute atomic E-state index is 0.00649. The van der Waals surface area contributed by atoms with E-state index in [2.05, 4.69) is 10.7 Å². The zero-order valence-electron chi connectivity index (χ0n) is 28.7. The van der Waals surface area contributed by atoms with Gasteiger partial charge in [0.25, 0.3) is 0 Å². The molecule has 2 unspecified atom stereocenters. The van der Waals surface area contributed by atoms with Crippen molar-refractivity contribution in [2.45, 2.75) is 76.2 Å². The molecule has 1 aliphatic carbocycles. The number of nitrogens with one attached hydrogen (secondary N) is 2. The van der Waals surface area contributed by atoms with E-state index in [1.807, 2.05) is 60.7 Å². The fraction of sp³-hybridized carbons (Fsp3) is 0.432. The Hall–Kier alpha value is -5.33. The highest BCUT2D eigenvalue weighted by Gasteiger charge is 2.61. The standard InChI is InChI=1S/C37H43N5O8/c1-36(2,3)50-34(46)40-42-17-11-6-5-10-14-24-21-37(24,33(44)45)39-32(43)30-19-26(22-41(30)35(42)47)49-31-20-28(23-12-8-7-9-13-23)38-29-18-25(48-4)15-16-27(29)31/h7-10,12-16,18,20,24,26,30H,5-6,11,17,19,21-22H2,1-4H3,(H,39,43)(H,40,46)(H,44,45)/t24?,26-,30+,37?/m1/s1. The van der Waals surface area contributed by atoms with Crippen molar-refractivity contribution < 1.29 is 38.5 Å². The molecule has 0 radical (unpaired) electrons. The molecule has 6 rings (SSSR count). The Morgan fingerprint density at radius 3 is 2.58 bits per heavy atom. The number of amides is 4. The first-order chi connectivity index (χ1) is 23.9. The summed E-state index contributed by atoms with van der Waals surface area (Å²) in [6.07, 6.45) is 4.49. The van der Waals surface area contributed by atoms with E-state index in [1.54, 1.807) is 33.9 Å². The van der Waals surface area contributed by atoms with Gasteiger partial charge in [-0.15, -0.1) is 0 Å². The summed E-state index contributed by atoms with van der Waals surface area (Å²) < 4.78 is 17.5. The van der Waals surface area contributed by atoms with Gasteiger partial charge in [-0.3, -0.25) is 4.79 Å². The molecular weight excluding hydrogens is 642 g/mol. The van der Waals surface area contributed by atoms with Crippen molar-refractivity contribution in [2.24, 2.45) is 5.92 Å². The number of carbonyl (C=O) groups is 4. The Bertz CT molecular complexity index is 1810. The van der Waals surface area contributed by atoms with Gasteiger partial charge in [-0.25, -0.2) is 29.8 Å². The maximum atomic E-state index is 14.3. The zero-order valence-corrected chi connectivity index (χ0v) is 28.7. The molecule has 2 aliphatic heterocycles. The molecule has 1 aromatic heterocycles. The fourth-order valence-electron chi connectivity index (χ4n) is 6.50. The summed E-state index contributed by atoms with van der Waals surface area (Å²) in [6, 6.07) is 15.2. The van der Waals surface area contributed by atoms with Crippen molar-refractivity contribution in [3.05, 3.63) is 66.7 Å². The van der Waals surface area contributed by atoms with Crippen molar-refractivity contribution in [3.8, 4) is 22.8 Å². The summed E-state index contributed by atoms with van der Waals surface area (Å²) in [6.45, 7) is 5.32. The molecule has 264 valence electrons. The molecule has 4 amide bonds. The number of methoxy groups -OCH3 is 1. The van der Waals surface area contributed by atoms with Crippen molar-refractivity contribution in [1.82, 2.24) is 25.6 Å². The number of urea groups is 1. The molecule has 1 saturated heterocycles. The van der Waals surface area contributed by atoms with Crippen LogP contribution in [0.15, 0.2) is 66.7 Å². The molecule has 1 saturated carbocycles. The van der Waals surface area contributed by atoms with Crippen LogP contribution in [0.2, 0.25) is 0 Å². The number of nitrogens with zero attached hydrogens (tertiary/aromatic N) is 3. The van der Waals surface area contributed by atoms with Crippen molar-refractivity contribution in [3.63, 3.8) is 0 Å². The van der Waals surface area contributed by atoms with Crippen LogP contribution in [0.25, 0.3) is 22.2 Å². The van der Waals surface area contributed by atoms with E-state index in [0.29, 0.717) is 47.4 Å². The molecule has 3 aromatic rings. The van der Waals surface area contributed by atoms with Gasteiger partial charge >= 0.3 is 18.1 Å². The number of benzene rings is 2. The SMILES string of the molecule is COc1ccc2c(O[C@@H]3C[C@H]4C(=O)NC5(C(=O)O)CC5C=CCCCCN(NC(=O)OC(C)(C)C)C(=O)N4C3)cc(-c3ccccc3)nc2c1. The fourth-order valence-corrected chi connectivity index (χ4v) is 6.50. The van der Waals surface area contributed by atoms with E-state index in [4.69, 9.17) is 19.2 Å². The van der Waals surface area contributed by atoms with Crippen LogP contribution in [0.1, 0.15) is 52.9 Å². The van der Waals surface area contributed by atoms with E-state index >= 15 is 0 Å². The van der Waals surface area contributed by atoms with E-state index in [0.717, 1.165) is 5.56 Å². The molecule has 2 fully saturated rings. The minimum atomic E-state index is -1.45. The van der Waals surface area contributed by atoms with Crippen LogP contribution < -0.4 is 20.2 Å². The Morgan fingerprint density at radius 2 is 1.86 bits per heavy atom. The predicted molar refractivity (Wildman–Crippen MR) is 184 cm³/mol. The zero-order chi connectivity index (χ0) is 35.6. The first kappa shape index (κ1) is 34.5. The number of ether oxygens (including phenoxy) is 3. The van der Waals surface area contributed by atoms with Crippen LogP contribution in [0.5, 0.6) is 11.5 Å². The smallest absolute Gasteiger partial charge is 0.426 e. The summed E-state index contributed by atoms with van der Waals surface area (Å²) >= 11 is 0. The van der Waals surface area contributed by atoms with Gasteiger partial charge < -0.3 is 29.5 Å². The number of rotatable bonds is 6. The predicted octanol–water partition coefficient (Wildman–Crippen LogP) is 5.29. The lowest BCUT2D eigenvalue weighted by molar-refractivity contribution is -0.144. The molecule has 50 heavy (non-hydrogen) atoms. The first-order valence-electron chi connectivity index (χ1n) is 16.9. The molecule has 4 atom stereocenters. The van der Waals surface area contributed by atoms with Crippen LogP contribution in [0.4, 0.5) is 9.59 Å². The lowest BCUT2D eigenvalue weighted by Gasteiger charge is -2.32. The highest BCUT2D eigenvalue weighted by Crippen LogP contribution is 2.45. The number of carbonyl (C=O) groups excluding carboxylic acids is 3. The van der Waals surface area contributed by atoms with Gasteiger partial charge in [0, 0.05) is 42.0 Å². The molecule has 13 nitrogen and oxygen atoms in total. The van der Waals surface area contributed by atoms with Gasteiger partial charge in [0.1, 0.15) is 34.8 Å². The number of aliphatic carboxylic acids is 1. The van der Waals surface area contributed by atoms with Crippen molar-refractivity contribution in [1.29, 1.82) is 0 Å². The number of allylic oxidation sites excluding steroid dienone is 1. The number of hydrogen-bond acceptors (Lipinski definition) is 8. The Kier molecular flexibility index (Phi) is 9.59. The molecule has 2 aromatic carbocycles. The van der Waals surface area contributed by atoms with E-state index in [9.17, 15) is 24.3 Å². The van der Waals surface area contributed by atoms with Crippen LogP contribution >= 0.6 is 0 Å². The van der Waals surface area contributed by atoms with Crippen LogP contribution in [-0.4, -0.2) is 87.5 Å². The number of hydrogen-bond donors (Lipinski definition) is 3. The number of hydrazine groups is 1. The number of carboxylic acid groups (broad SMARTS) is 1. The Morgan fingerprint density at radius 1 is 1.08 bits per heavy atom. The van der Waals surface area contributed by atoms with Gasteiger partial charge in [-0.1, -0.05) is 42.5 Å². The quantitative estimate of drug-likeness (QED) is 0.293. The molecule has 13 heteroatoms. The largest absolute Gasteiger partial charge is 0.497 e. The van der Waals surface area contributed by atoms with E-state index in [1.165, 1.54) is 9.91 Å². The summed E-state index contributed by atoms with van der Waals surface area (Å²) in [5.41, 5.74) is 2.48. The van der Waals surface area contributed by atoms with Crippen molar-refractivity contribution in [2.75, 3.05) is 20.2 Å². The summed E-state index contributed by atoms with van der Waals surface area (Å²) in [7, 11) is 1.58. The third-order valence-electron chi connectivity index (χ3n) is 9.12. The number of carboxylic acids is 1. The number of aromatic nitrogens is 1. The highest BCUT2D eigenvalue weighted by atomic mass is 16.6. The van der Waals surface area contributed by atoms with E-state index in [-0.39, 0.29) is 31.8 Å². The summed E-state index contributed by atoms with van der Waals surface area (Å²) in [5.74, 6) is -0.967. The monoisotopic (exact) mass is 685 g/mol. The summed E-state index contributed by atoms with van der Waals surface area (Å²) in [5, 5.41) is 14.8. The van der Waals surface area contributed by atoms with Crippen LogP contribution in [0.3, 0.4) is 0 Å². The molecule has 3 aliphatic rings. The lowest BCUT2D eigenvalue weighted by Crippen LogP contribution is -2.58. The maximum absolute atomic E-state index is 14.3. The third kappa shape index (κ3) is 7.46. The normalized spacial score (nSPS) is 24.0. The van der Waals surface area contributed by atoms with Gasteiger partial charge in [0.2, 0.25) is 5.91 Å². The summed E-state index contributed by atoms with van der Waals surface area (Å²) in [4.78, 5) is 59.7. The molecule has 0 spiro atoms. The minimum Gasteiger partial charge on any atom is -0.497 e. The van der Waals surface area contributed by atoms with Gasteiger partial charge in [-0.2, -0.15) is 0 Å². The van der Waals surface area contributed by atoms with Crippen LogP contribution in [0, 0.1) is 5.92 Å². The first-order valence-corrected chi connectivity index (χ1v) is 16.9. The average Bonchev–Trinajstić information content (AvgIpc) is 3.61. The Labute approximate surface area is 290 Å².